The second-order valence-corrected chi connectivity index (χ2v) is 4.01. The van der Waals surface area contributed by atoms with Crippen LogP contribution in [0.15, 0.2) is 12.2 Å². The third kappa shape index (κ3) is 9.56. The smallest absolute Gasteiger partial charge is 0.450 e. The molecule has 3 nitrogen and oxygen atoms in total. The van der Waals surface area contributed by atoms with Crippen molar-refractivity contribution in [3.63, 3.8) is 0 Å². The predicted molar refractivity (Wildman–Crippen MR) is 65.7 cm³/mol. The summed E-state index contributed by atoms with van der Waals surface area (Å²) in [6.45, 7) is 4.11. The van der Waals surface area contributed by atoms with Crippen molar-refractivity contribution in [1.29, 1.82) is 0 Å². The zero-order chi connectivity index (χ0) is 12.2. The molecule has 0 aliphatic rings. The number of carbonyl (C=O) groups is 1. The zero-order valence-electron chi connectivity index (χ0n) is 10.4. The number of unbranched alkanes of at least 4 members (excludes halogenated alkanes) is 4. The predicted octanol–water partition coefficient (Wildman–Crippen LogP) is 4.38. The van der Waals surface area contributed by atoms with Crippen molar-refractivity contribution in [2.24, 2.45) is 0 Å². The Bertz CT molecular complexity index is 199. The number of rotatable bonds is 9. The molecule has 3 heteroatoms. The van der Waals surface area contributed by atoms with Crippen LogP contribution in [0.1, 0.15) is 58.8 Å². The van der Waals surface area contributed by atoms with Gasteiger partial charge in [-0.3, -0.25) is 0 Å². The van der Waals surface area contributed by atoms with Gasteiger partial charge in [-0.25, -0.2) is 4.79 Å². The van der Waals surface area contributed by atoms with E-state index < -0.39 is 6.16 Å². The van der Waals surface area contributed by atoms with Gasteiger partial charge in [0.15, 0.2) is 0 Å². The van der Waals surface area contributed by atoms with Gasteiger partial charge in [0.1, 0.15) is 6.10 Å². The molecule has 0 aromatic heterocycles. The molecular formula is C13H24O3. The molecule has 0 bridgehead atoms. The Morgan fingerprint density at radius 2 is 2.00 bits per heavy atom. The second kappa shape index (κ2) is 10.5. The minimum absolute atomic E-state index is 0.171. The van der Waals surface area contributed by atoms with Crippen LogP contribution >= 0.6 is 0 Å². The molecule has 0 amide bonds. The van der Waals surface area contributed by atoms with E-state index in [9.17, 15) is 4.79 Å². The summed E-state index contributed by atoms with van der Waals surface area (Å²) in [6.07, 6.45) is 10.0. The van der Waals surface area contributed by atoms with Gasteiger partial charge in [0.25, 0.3) is 0 Å². The highest BCUT2D eigenvalue weighted by atomic mass is 16.7. The SMILES string of the molecule is CC=CCC(CCCCCCC)OC(=O)O. The first-order valence-electron chi connectivity index (χ1n) is 6.21. The third-order valence-electron chi connectivity index (χ3n) is 2.53. The standard InChI is InChI=1S/C13H24O3/c1-3-5-7-8-9-11-12(10-6-4-2)16-13(14)15/h4,6,12H,3,5,7-11H2,1-2H3,(H,14,15). The van der Waals surface area contributed by atoms with Gasteiger partial charge in [-0.2, -0.15) is 0 Å². The van der Waals surface area contributed by atoms with Crippen LogP contribution in [0.4, 0.5) is 4.79 Å². The first-order valence-corrected chi connectivity index (χ1v) is 6.21. The largest absolute Gasteiger partial charge is 0.506 e. The number of carboxylic acid groups (broad SMARTS) is 1. The van der Waals surface area contributed by atoms with Crippen molar-refractivity contribution in [3.8, 4) is 0 Å². The van der Waals surface area contributed by atoms with Gasteiger partial charge in [-0.15, -0.1) is 0 Å². The van der Waals surface area contributed by atoms with Crippen LogP contribution in [0.3, 0.4) is 0 Å². The van der Waals surface area contributed by atoms with Crippen molar-refractivity contribution >= 4 is 6.16 Å². The fourth-order valence-corrected chi connectivity index (χ4v) is 1.63. The molecule has 0 heterocycles. The Morgan fingerprint density at radius 3 is 2.56 bits per heavy atom. The van der Waals surface area contributed by atoms with Crippen molar-refractivity contribution < 1.29 is 14.6 Å². The fraction of sp³-hybridized carbons (Fsp3) is 0.769. The number of hydrogen-bond donors (Lipinski definition) is 1. The fourth-order valence-electron chi connectivity index (χ4n) is 1.63. The monoisotopic (exact) mass is 228 g/mol. The van der Waals surface area contributed by atoms with Crippen molar-refractivity contribution in [2.45, 2.75) is 64.9 Å². The summed E-state index contributed by atoms with van der Waals surface area (Å²) >= 11 is 0. The van der Waals surface area contributed by atoms with Crippen LogP contribution in [0.5, 0.6) is 0 Å². The topological polar surface area (TPSA) is 46.5 Å². The molecule has 1 atom stereocenters. The molecule has 0 aromatic rings. The van der Waals surface area contributed by atoms with Crippen LogP contribution in [0.25, 0.3) is 0 Å². The second-order valence-electron chi connectivity index (χ2n) is 4.01. The van der Waals surface area contributed by atoms with Gasteiger partial charge in [-0.1, -0.05) is 44.8 Å². The van der Waals surface area contributed by atoms with Crippen molar-refractivity contribution in [3.05, 3.63) is 12.2 Å². The maximum absolute atomic E-state index is 10.5. The molecule has 0 saturated carbocycles. The summed E-state index contributed by atoms with van der Waals surface area (Å²) < 4.78 is 4.82. The highest BCUT2D eigenvalue weighted by Crippen LogP contribution is 2.12. The van der Waals surface area contributed by atoms with Crippen LogP contribution in [0.2, 0.25) is 0 Å². The van der Waals surface area contributed by atoms with E-state index in [1.807, 2.05) is 19.1 Å². The van der Waals surface area contributed by atoms with Gasteiger partial charge in [0, 0.05) is 6.42 Å². The Morgan fingerprint density at radius 1 is 1.31 bits per heavy atom. The highest BCUT2D eigenvalue weighted by Gasteiger charge is 2.11. The lowest BCUT2D eigenvalue weighted by Gasteiger charge is -2.13. The first kappa shape index (κ1) is 15.0. The number of ether oxygens (including phenoxy) is 1. The van der Waals surface area contributed by atoms with Gasteiger partial charge in [0.2, 0.25) is 0 Å². The van der Waals surface area contributed by atoms with Gasteiger partial charge >= 0.3 is 6.16 Å². The van der Waals surface area contributed by atoms with E-state index in [1.54, 1.807) is 0 Å². The Kier molecular flexibility index (Phi) is 9.87. The van der Waals surface area contributed by atoms with Crippen molar-refractivity contribution in [2.75, 3.05) is 0 Å². The van der Waals surface area contributed by atoms with E-state index >= 15 is 0 Å². The molecule has 0 aromatic carbocycles. The quantitative estimate of drug-likeness (QED) is 0.362. The third-order valence-corrected chi connectivity index (χ3v) is 2.53. The molecule has 1 N–H and O–H groups in total. The molecule has 94 valence electrons. The minimum Gasteiger partial charge on any atom is -0.450 e. The molecule has 0 aliphatic heterocycles. The Balaban J connectivity index is 3.69. The van der Waals surface area contributed by atoms with E-state index in [4.69, 9.17) is 9.84 Å². The maximum Gasteiger partial charge on any atom is 0.506 e. The lowest BCUT2D eigenvalue weighted by molar-refractivity contribution is 0.0483. The molecule has 0 fully saturated rings. The molecule has 0 aliphatic carbocycles. The van der Waals surface area contributed by atoms with Crippen LogP contribution < -0.4 is 0 Å². The Hall–Kier alpha value is -0.990. The van der Waals surface area contributed by atoms with Gasteiger partial charge < -0.3 is 9.84 Å². The maximum atomic E-state index is 10.5. The van der Waals surface area contributed by atoms with E-state index in [2.05, 4.69) is 6.92 Å². The van der Waals surface area contributed by atoms with Crippen LogP contribution in [-0.4, -0.2) is 17.4 Å². The summed E-state index contributed by atoms with van der Waals surface area (Å²) in [6, 6.07) is 0. The lowest BCUT2D eigenvalue weighted by Crippen LogP contribution is -2.16. The summed E-state index contributed by atoms with van der Waals surface area (Å²) in [4.78, 5) is 10.5. The van der Waals surface area contributed by atoms with E-state index in [0.717, 1.165) is 12.8 Å². The molecule has 1 unspecified atom stereocenters. The summed E-state index contributed by atoms with van der Waals surface area (Å²) in [7, 11) is 0. The van der Waals surface area contributed by atoms with E-state index in [1.165, 1.54) is 25.7 Å². The minimum atomic E-state index is -1.16. The lowest BCUT2D eigenvalue weighted by atomic mass is 10.1. The summed E-state index contributed by atoms with van der Waals surface area (Å²) in [5, 5.41) is 8.58. The Labute approximate surface area is 98.5 Å². The molecule has 16 heavy (non-hydrogen) atoms. The summed E-state index contributed by atoms with van der Waals surface area (Å²) in [5.74, 6) is 0. The number of hydrogen-bond acceptors (Lipinski definition) is 2. The van der Waals surface area contributed by atoms with Gasteiger partial charge in [0.05, 0.1) is 0 Å². The highest BCUT2D eigenvalue weighted by molar-refractivity contribution is 5.57. The molecule has 0 rings (SSSR count). The van der Waals surface area contributed by atoms with Crippen molar-refractivity contribution in [1.82, 2.24) is 0 Å². The first-order chi connectivity index (χ1) is 7.70. The van der Waals surface area contributed by atoms with Gasteiger partial charge in [-0.05, 0) is 19.8 Å². The average Bonchev–Trinajstić information content (AvgIpc) is 2.24. The molecule has 0 saturated heterocycles. The average molecular weight is 228 g/mol. The normalized spacial score (nSPS) is 12.9. The van der Waals surface area contributed by atoms with Crippen LogP contribution in [0, 0.1) is 0 Å². The molecular weight excluding hydrogens is 204 g/mol. The summed E-state index contributed by atoms with van der Waals surface area (Å²) in [5.41, 5.74) is 0. The van der Waals surface area contributed by atoms with E-state index in [0.29, 0.717) is 6.42 Å². The number of allylic oxidation sites excluding steroid dienone is 1. The molecule has 0 spiro atoms. The van der Waals surface area contributed by atoms with E-state index in [-0.39, 0.29) is 6.10 Å². The van der Waals surface area contributed by atoms with Crippen LogP contribution in [-0.2, 0) is 4.74 Å². The zero-order valence-corrected chi connectivity index (χ0v) is 10.4. The molecule has 0 radical (unpaired) electrons.